The van der Waals surface area contributed by atoms with Crippen molar-refractivity contribution >= 4 is 23.6 Å². The Bertz CT molecular complexity index is 602. The Kier molecular flexibility index (Phi) is 4.04. The van der Waals surface area contributed by atoms with Gasteiger partial charge in [0.15, 0.2) is 0 Å². The molecule has 3 rings (SSSR count). The number of nitrogens with zero attached hydrogens (tertiary/aromatic N) is 4. The van der Waals surface area contributed by atoms with Gasteiger partial charge in [-0.05, 0) is 25.2 Å². The monoisotopic (exact) mass is 319 g/mol. The molecule has 1 atom stereocenters. The summed E-state index contributed by atoms with van der Waals surface area (Å²) in [4.78, 5) is 24.6. The van der Waals surface area contributed by atoms with Gasteiger partial charge in [-0.2, -0.15) is 9.97 Å². The Morgan fingerprint density at radius 1 is 1.48 bits per heavy atom. The van der Waals surface area contributed by atoms with Crippen molar-refractivity contribution in [1.82, 2.24) is 9.97 Å². The van der Waals surface area contributed by atoms with Crippen LogP contribution in [-0.4, -0.2) is 48.2 Å². The van der Waals surface area contributed by atoms with Gasteiger partial charge in [-0.1, -0.05) is 12.8 Å². The van der Waals surface area contributed by atoms with Crippen LogP contribution >= 0.6 is 0 Å². The molecule has 0 unspecified atom stereocenters. The van der Waals surface area contributed by atoms with E-state index in [0.717, 1.165) is 31.6 Å². The van der Waals surface area contributed by atoms with Crippen molar-refractivity contribution in [2.24, 2.45) is 11.3 Å². The zero-order valence-corrected chi connectivity index (χ0v) is 13.8. The summed E-state index contributed by atoms with van der Waals surface area (Å²) in [6.07, 6.45) is 4.72. The minimum Gasteiger partial charge on any atom is -0.481 e. The van der Waals surface area contributed by atoms with Crippen LogP contribution < -0.4 is 15.5 Å². The second kappa shape index (κ2) is 5.86. The Morgan fingerprint density at radius 3 is 2.83 bits per heavy atom. The van der Waals surface area contributed by atoms with Crippen LogP contribution in [0, 0.1) is 11.3 Å². The normalized spacial score (nSPS) is 24.5. The number of carbonyl (C=O) groups is 1. The second-order valence-corrected chi connectivity index (χ2v) is 7.10. The van der Waals surface area contributed by atoms with Crippen LogP contribution in [-0.2, 0) is 4.79 Å². The molecule has 1 aromatic rings. The van der Waals surface area contributed by atoms with Crippen molar-refractivity contribution in [3.63, 3.8) is 0 Å². The minimum atomic E-state index is -0.677. The van der Waals surface area contributed by atoms with Crippen LogP contribution in [0.15, 0.2) is 6.07 Å². The number of hydrogen-bond donors (Lipinski definition) is 2. The molecule has 1 aromatic heterocycles. The van der Waals surface area contributed by atoms with Gasteiger partial charge in [-0.15, -0.1) is 0 Å². The molecule has 126 valence electrons. The summed E-state index contributed by atoms with van der Waals surface area (Å²) in [5, 5.41) is 9.84. The standard InChI is InChI=1S/C16H25N5O2/c1-20(2)15-18-12(17)8-13(19-15)21-7-3-6-16(10-21,14(22)23)9-11-4-5-11/h8,11H,3-7,9-10H2,1-2H3,(H,22,23)(H2,17,18,19)/t16-/m0/s1. The maximum atomic E-state index is 12.0. The molecular weight excluding hydrogens is 294 g/mol. The van der Waals surface area contributed by atoms with E-state index in [-0.39, 0.29) is 0 Å². The molecule has 23 heavy (non-hydrogen) atoms. The largest absolute Gasteiger partial charge is 0.481 e. The molecule has 1 saturated heterocycles. The first-order valence-corrected chi connectivity index (χ1v) is 8.20. The third-order valence-electron chi connectivity index (χ3n) is 4.85. The highest BCUT2D eigenvalue weighted by Gasteiger charge is 2.46. The number of rotatable bonds is 5. The van der Waals surface area contributed by atoms with E-state index in [1.165, 1.54) is 12.8 Å². The summed E-state index contributed by atoms with van der Waals surface area (Å²) in [5.74, 6) is 1.59. The fourth-order valence-electron chi connectivity index (χ4n) is 3.43. The number of carboxylic acids is 1. The fourth-order valence-corrected chi connectivity index (χ4v) is 3.43. The van der Waals surface area contributed by atoms with Gasteiger partial charge in [0, 0.05) is 33.3 Å². The smallest absolute Gasteiger partial charge is 0.311 e. The maximum Gasteiger partial charge on any atom is 0.311 e. The molecule has 2 fully saturated rings. The number of nitrogens with two attached hydrogens (primary N) is 1. The molecule has 1 aliphatic heterocycles. The summed E-state index contributed by atoms with van der Waals surface area (Å²) in [7, 11) is 3.73. The molecule has 3 N–H and O–H groups in total. The highest BCUT2D eigenvalue weighted by Crippen LogP contribution is 2.45. The van der Waals surface area contributed by atoms with Crippen molar-refractivity contribution < 1.29 is 9.90 Å². The van der Waals surface area contributed by atoms with E-state index in [4.69, 9.17) is 5.73 Å². The highest BCUT2D eigenvalue weighted by atomic mass is 16.4. The van der Waals surface area contributed by atoms with Crippen LogP contribution in [0.2, 0.25) is 0 Å². The lowest BCUT2D eigenvalue weighted by Crippen LogP contribution is -2.48. The molecule has 7 heteroatoms. The second-order valence-electron chi connectivity index (χ2n) is 7.10. The number of aliphatic carboxylic acids is 1. The Labute approximate surface area is 136 Å². The lowest BCUT2D eigenvalue weighted by molar-refractivity contribution is -0.150. The van der Waals surface area contributed by atoms with E-state index in [0.29, 0.717) is 24.2 Å². The van der Waals surface area contributed by atoms with Crippen molar-refractivity contribution in [2.75, 3.05) is 42.7 Å². The van der Waals surface area contributed by atoms with E-state index in [1.807, 2.05) is 14.1 Å². The van der Waals surface area contributed by atoms with E-state index < -0.39 is 11.4 Å². The number of carboxylic acid groups (broad SMARTS) is 1. The zero-order chi connectivity index (χ0) is 16.6. The van der Waals surface area contributed by atoms with Gasteiger partial charge in [0.05, 0.1) is 5.41 Å². The van der Waals surface area contributed by atoms with Crippen LogP contribution in [0.1, 0.15) is 32.1 Å². The average molecular weight is 319 g/mol. The predicted octanol–water partition coefficient (Wildman–Crippen LogP) is 1.60. The minimum absolute atomic E-state index is 0.410. The molecule has 7 nitrogen and oxygen atoms in total. The van der Waals surface area contributed by atoms with Crippen LogP contribution in [0.25, 0.3) is 0 Å². The molecule has 0 spiro atoms. The molecule has 1 saturated carbocycles. The fraction of sp³-hybridized carbons (Fsp3) is 0.688. The average Bonchev–Trinajstić information content (AvgIpc) is 3.30. The SMILES string of the molecule is CN(C)c1nc(N)cc(N2CCC[C@@](CC3CC3)(C(=O)O)C2)n1. The maximum absolute atomic E-state index is 12.0. The first kappa shape index (κ1) is 15.8. The lowest BCUT2D eigenvalue weighted by atomic mass is 9.75. The van der Waals surface area contributed by atoms with Crippen LogP contribution in [0.4, 0.5) is 17.6 Å². The van der Waals surface area contributed by atoms with E-state index in [1.54, 1.807) is 11.0 Å². The first-order valence-electron chi connectivity index (χ1n) is 8.20. The van der Waals surface area contributed by atoms with Crippen molar-refractivity contribution in [3.8, 4) is 0 Å². The van der Waals surface area contributed by atoms with Crippen molar-refractivity contribution in [1.29, 1.82) is 0 Å². The topological polar surface area (TPSA) is 95.6 Å². The molecule has 0 bridgehead atoms. The van der Waals surface area contributed by atoms with Crippen LogP contribution in [0.5, 0.6) is 0 Å². The highest BCUT2D eigenvalue weighted by molar-refractivity contribution is 5.76. The molecule has 1 aliphatic carbocycles. The van der Waals surface area contributed by atoms with Gasteiger partial charge in [0.2, 0.25) is 5.95 Å². The quantitative estimate of drug-likeness (QED) is 0.851. The summed E-state index contributed by atoms with van der Waals surface area (Å²) < 4.78 is 0. The number of anilines is 3. The summed E-state index contributed by atoms with van der Waals surface area (Å²) in [6, 6.07) is 1.74. The Balaban J connectivity index is 1.86. The predicted molar refractivity (Wildman–Crippen MR) is 89.6 cm³/mol. The third kappa shape index (κ3) is 3.33. The number of aromatic nitrogens is 2. The molecule has 0 amide bonds. The van der Waals surface area contributed by atoms with Gasteiger partial charge in [-0.25, -0.2) is 0 Å². The van der Waals surface area contributed by atoms with Gasteiger partial charge in [-0.3, -0.25) is 4.79 Å². The van der Waals surface area contributed by atoms with E-state index in [9.17, 15) is 9.90 Å². The van der Waals surface area contributed by atoms with Crippen molar-refractivity contribution in [2.45, 2.75) is 32.1 Å². The number of piperidine rings is 1. The third-order valence-corrected chi connectivity index (χ3v) is 4.85. The van der Waals surface area contributed by atoms with Gasteiger partial charge in [0.25, 0.3) is 0 Å². The van der Waals surface area contributed by atoms with Crippen molar-refractivity contribution in [3.05, 3.63) is 6.07 Å². The van der Waals surface area contributed by atoms with E-state index in [2.05, 4.69) is 14.9 Å². The first-order chi connectivity index (χ1) is 10.9. The zero-order valence-electron chi connectivity index (χ0n) is 13.8. The summed E-state index contributed by atoms with van der Waals surface area (Å²) in [6.45, 7) is 1.31. The van der Waals surface area contributed by atoms with Gasteiger partial charge >= 0.3 is 5.97 Å². The molecule has 0 aromatic carbocycles. The summed E-state index contributed by atoms with van der Waals surface area (Å²) in [5.41, 5.74) is 5.25. The Hall–Kier alpha value is -2.05. The summed E-state index contributed by atoms with van der Waals surface area (Å²) >= 11 is 0. The van der Waals surface area contributed by atoms with Gasteiger partial charge < -0.3 is 20.6 Å². The molecule has 2 aliphatic rings. The van der Waals surface area contributed by atoms with Gasteiger partial charge in [0.1, 0.15) is 11.6 Å². The Morgan fingerprint density at radius 2 is 2.22 bits per heavy atom. The number of nitrogen functional groups attached to an aromatic ring is 1. The molecule has 2 heterocycles. The number of hydrogen-bond acceptors (Lipinski definition) is 6. The lowest BCUT2D eigenvalue weighted by Gasteiger charge is -2.40. The van der Waals surface area contributed by atoms with Crippen LogP contribution in [0.3, 0.4) is 0 Å². The molecular formula is C16H25N5O2. The molecule has 0 radical (unpaired) electrons. The van der Waals surface area contributed by atoms with E-state index >= 15 is 0 Å².